The predicted octanol–water partition coefficient (Wildman–Crippen LogP) is 1.59. The van der Waals surface area contributed by atoms with Crippen LogP contribution in [0.1, 0.15) is 33.1 Å². The number of carbonyl (C=O) groups is 2. The largest absolute Gasteiger partial charge is 0.481 e. The maximum Gasteiger partial charge on any atom is 0.320 e. The fourth-order valence-corrected chi connectivity index (χ4v) is 1.30. The summed E-state index contributed by atoms with van der Waals surface area (Å²) in [6.07, 6.45) is -0.223. The summed E-state index contributed by atoms with van der Waals surface area (Å²) >= 11 is 0. The van der Waals surface area contributed by atoms with E-state index in [0.717, 1.165) is 0 Å². The lowest BCUT2D eigenvalue weighted by Crippen LogP contribution is -2.21. The second kappa shape index (κ2) is 7.85. The molecule has 0 bridgehead atoms. The number of rotatable bonds is 8. The van der Waals surface area contributed by atoms with Gasteiger partial charge in [-0.25, -0.2) is 0 Å². The van der Waals surface area contributed by atoms with E-state index >= 15 is 0 Å². The number of hydrogen-bond acceptors (Lipinski definition) is 6. The Labute approximate surface area is 116 Å². The van der Waals surface area contributed by atoms with Crippen molar-refractivity contribution in [1.82, 2.24) is 0 Å². The van der Waals surface area contributed by atoms with E-state index in [2.05, 4.69) is 10.2 Å². The Bertz CT molecular complexity index is 477. The minimum atomic E-state index is -1.27. The number of carboxylic acids is 2. The van der Waals surface area contributed by atoms with Gasteiger partial charge in [0, 0.05) is 6.42 Å². The molecule has 0 spiro atoms. The monoisotopic (exact) mass is 280 g/mol. The fraction of sp³-hybridized carbons (Fsp3) is 0.667. The normalized spacial score (nSPS) is 16.6. The molecule has 0 saturated heterocycles. The molecule has 0 heterocycles. The Balaban J connectivity index is 4.66. The summed E-state index contributed by atoms with van der Waals surface area (Å²) in [7, 11) is 0. The molecule has 3 unspecified atom stereocenters. The van der Waals surface area contributed by atoms with Crippen LogP contribution in [0.15, 0.2) is 10.2 Å². The Morgan fingerprint density at radius 3 is 2.35 bits per heavy atom. The van der Waals surface area contributed by atoms with Gasteiger partial charge in [-0.3, -0.25) is 9.59 Å². The molecule has 0 fully saturated rings. The zero-order chi connectivity index (χ0) is 15.8. The fourth-order valence-electron chi connectivity index (χ4n) is 1.30. The van der Waals surface area contributed by atoms with Gasteiger partial charge >= 0.3 is 11.9 Å². The Kier molecular flexibility index (Phi) is 6.87. The number of azo groups is 1. The molecule has 0 aliphatic carbocycles. The van der Waals surface area contributed by atoms with Gasteiger partial charge in [0.2, 0.25) is 0 Å². The topological polar surface area (TPSA) is 147 Å². The first-order valence-corrected chi connectivity index (χ1v) is 5.91. The molecule has 0 aliphatic rings. The van der Waals surface area contributed by atoms with E-state index < -0.39 is 29.4 Å². The quantitative estimate of drug-likeness (QED) is 0.645. The minimum absolute atomic E-state index is 0.00959. The first-order chi connectivity index (χ1) is 9.24. The maximum absolute atomic E-state index is 10.7. The van der Waals surface area contributed by atoms with Crippen LogP contribution in [0.5, 0.6) is 0 Å². The molecular formula is C12H16N4O4. The maximum atomic E-state index is 10.7. The van der Waals surface area contributed by atoms with Crippen molar-refractivity contribution in [2.45, 2.75) is 44.7 Å². The Hall–Kier alpha value is -2.48. The second-order valence-electron chi connectivity index (χ2n) is 4.60. The summed E-state index contributed by atoms with van der Waals surface area (Å²) in [6.45, 7) is 3.02. The lowest BCUT2D eigenvalue weighted by molar-refractivity contribution is -0.140. The number of nitrogens with zero attached hydrogens (tertiary/aromatic N) is 4. The minimum Gasteiger partial charge on any atom is -0.481 e. The van der Waals surface area contributed by atoms with Crippen molar-refractivity contribution in [3.05, 3.63) is 0 Å². The van der Waals surface area contributed by atoms with E-state index in [1.165, 1.54) is 6.92 Å². The smallest absolute Gasteiger partial charge is 0.320 e. The summed E-state index contributed by atoms with van der Waals surface area (Å²) < 4.78 is 0. The summed E-state index contributed by atoms with van der Waals surface area (Å²) in [6, 6.07) is 2.97. The second-order valence-corrected chi connectivity index (χ2v) is 4.60. The van der Waals surface area contributed by atoms with Crippen LogP contribution >= 0.6 is 0 Å². The van der Waals surface area contributed by atoms with Gasteiger partial charge in [-0.1, -0.05) is 0 Å². The third kappa shape index (κ3) is 6.45. The molecule has 108 valence electrons. The number of aliphatic carboxylic acids is 2. The highest BCUT2D eigenvalue weighted by atomic mass is 16.4. The van der Waals surface area contributed by atoms with E-state index in [4.69, 9.17) is 20.7 Å². The van der Waals surface area contributed by atoms with E-state index in [9.17, 15) is 9.59 Å². The van der Waals surface area contributed by atoms with E-state index in [1.807, 2.05) is 6.07 Å². The average Bonchev–Trinajstić information content (AvgIpc) is 2.40. The molecule has 0 aliphatic heterocycles. The van der Waals surface area contributed by atoms with Crippen LogP contribution < -0.4 is 0 Å². The molecule has 0 rings (SSSR count). The SMILES string of the molecule is CC(CC(C#N)C(=O)O)N=NC(C)(C#N)CCC(=O)O. The lowest BCUT2D eigenvalue weighted by Gasteiger charge is -2.15. The molecule has 8 heteroatoms. The average molecular weight is 280 g/mol. The van der Waals surface area contributed by atoms with Gasteiger partial charge in [0.25, 0.3) is 0 Å². The van der Waals surface area contributed by atoms with Gasteiger partial charge in [0.15, 0.2) is 5.54 Å². The molecule has 0 aromatic heterocycles. The number of hydrogen-bond donors (Lipinski definition) is 2. The van der Waals surface area contributed by atoms with Crippen LogP contribution in [-0.2, 0) is 9.59 Å². The van der Waals surface area contributed by atoms with Gasteiger partial charge in [-0.2, -0.15) is 20.8 Å². The number of nitriles is 2. The van der Waals surface area contributed by atoms with Gasteiger partial charge < -0.3 is 10.2 Å². The first kappa shape index (κ1) is 17.5. The molecule has 0 saturated carbocycles. The third-order valence-corrected chi connectivity index (χ3v) is 2.57. The Morgan fingerprint density at radius 2 is 1.95 bits per heavy atom. The molecule has 0 radical (unpaired) electrons. The van der Waals surface area contributed by atoms with Crippen molar-refractivity contribution in [3.63, 3.8) is 0 Å². The van der Waals surface area contributed by atoms with Crippen LogP contribution in [-0.4, -0.2) is 33.7 Å². The molecule has 0 aromatic carbocycles. The molecule has 0 amide bonds. The molecular weight excluding hydrogens is 264 g/mol. The molecule has 20 heavy (non-hydrogen) atoms. The standard InChI is InChI=1S/C12H16N4O4/c1-8(5-9(6-13)11(19)20)15-16-12(2,7-14)4-3-10(17)18/h8-9H,3-5H2,1-2H3,(H,17,18)(H,19,20). The van der Waals surface area contributed by atoms with E-state index in [1.54, 1.807) is 13.0 Å². The van der Waals surface area contributed by atoms with Gasteiger partial charge in [-0.05, 0) is 26.7 Å². The lowest BCUT2D eigenvalue weighted by atomic mass is 9.99. The summed E-state index contributed by atoms with van der Waals surface area (Å²) in [5.74, 6) is -3.45. The Morgan fingerprint density at radius 1 is 1.35 bits per heavy atom. The molecule has 2 N–H and O–H groups in total. The summed E-state index contributed by atoms with van der Waals surface area (Å²) in [5, 5.41) is 42.5. The highest BCUT2D eigenvalue weighted by Gasteiger charge is 2.25. The van der Waals surface area contributed by atoms with Crippen molar-refractivity contribution in [3.8, 4) is 12.1 Å². The van der Waals surface area contributed by atoms with Gasteiger partial charge in [-0.15, -0.1) is 0 Å². The summed E-state index contributed by atoms with van der Waals surface area (Å²) in [4.78, 5) is 21.2. The van der Waals surface area contributed by atoms with Crippen LogP contribution in [0.2, 0.25) is 0 Å². The summed E-state index contributed by atoms with van der Waals surface area (Å²) in [5.41, 5.74) is -1.27. The van der Waals surface area contributed by atoms with Crippen molar-refractivity contribution in [2.24, 2.45) is 16.1 Å². The van der Waals surface area contributed by atoms with Crippen LogP contribution in [0.25, 0.3) is 0 Å². The molecule has 8 nitrogen and oxygen atoms in total. The zero-order valence-corrected chi connectivity index (χ0v) is 11.3. The first-order valence-electron chi connectivity index (χ1n) is 5.91. The molecule has 3 atom stereocenters. The van der Waals surface area contributed by atoms with Crippen LogP contribution in [0.3, 0.4) is 0 Å². The van der Waals surface area contributed by atoms with Crippen LogP contribution in [0, 0.1) is 28.6 Å². The van der Waals surface area contributed by atoms with Gasteiger partial charge in [0.05, 0.1) is 18.2 Å². The van der Waals surface area contributed by atoms with Crippen molar-refractivity contribution >= 4 is 11.9 Å². The zero-order valence-electron chi connectivity index (χ0n) is 11.3. The van der Waals surface area contributed by atoms with E-state index in [-0.39, 0.29) is 19.3 Å². The third-order valence-electron chi connectivity index (χ3n) is 2.57. The van der Waals surface area contributed by atoms with Crippen molar-refractivity contribution in [1.29, 1.82) is 10.5 Å². The van der Waals surface area contributed by atoms with Crippen molar-refractivity contribution < 1.29 is 19.8 Å². The van der Waals surface area contributed by atoms with Crippen LogP contribution in [0.4, 0.5) is 0 Å². The number of carboxylic acid groups (broad SMARTS) is 2. The molecule has 0 aromatic rings. The van der Waals surface area contributed by atoms with E-state index in [0.29, 0.717) is 0 Å². The predicted molar refractivity (Wildman–Crippen MR) is 66.6 cm³/mol. The van der Waals surface area contributed by atoms with Gasteiger partial charge in [0.1, 0.15) is 5.92 Å². The highest BCUT2D eigenvalue weighted by Crippen LogP contribution is 2.19. The van der Waals surface area contributed by atoms with Crippen molar-refractivity contribution in [2.75, 3.05) is 0 Å². The highest BCUT2D eigenvalue weighted by molar-refractivity contribution is 5.72.